The van der Waals surface area contributed by atoms with Gasteiger partial charge < -0.3 is 5.11 Å². The first kappa shape index (κ1) is 15.9. The molecule has 0 fully saturated rings. The minimum atomic E-state index is -0.481. The van der Waals surface area contributed by atoms with Crippen LogP contribution in [0.4, 0.5) is 0 Å². The zero-order chi connectivity index (χ0) is 13.6. The fourth-order valence-electron chi connectivity index (χ4n) is 2.02. The van der Waals surface area contributed by atoms with Gasteiger partial charge in [-0.2, -0.15) is 0 Å². The molecule has 102 valence electrons. The van der Waals surface area contributed by atoms with Crippen LogP contribution in [-0.2, 0) is 0 Å². The largest absolute Gasteiger partial charge is 0.390 e. The molecule has 0 aliphatic rings. The summed E-state index contributed by atoms with van der Waals surface area (Å²) in [7, 11) is 0. The molecule has 1 aromatic heterocycles. The van der Waals surface area contributed by atoms with Gasteiger partial charge in [-0.15, -0.1) is 11.3 Å². The number of rotatable bonds is 7. The van der Waals surface area contributed by atoms with Gasteiger partial charge in [-0.05, 0) is 59.7 Å². The molecule has 0 bridgehead atoms. The predicted molar refractivity (Wildman–Crippen MR) is 85.1 cm³/mol. The van der Waals surface area contributed by atoms with Crippen molar-refractivity contribution in [2.45, 2.75) is 58.5 Å². The summed E-state index contributed by atoms with van der Waals surface area (Å²) in [6.45, 7) is 6.31. The molecular weight excluding hydrogens is 308 g/mol. The molecule has 1 aromatic rings. The molecule has 0 saturated carbocycles. The minimum Gasteiger partial charge on any atom is -0.390 e. The highest BCUT2D eigenvalue weighted by atomic mass is 79.9. The summed E-state index contributed by atoms with van der Waals surface area (Å²) < 4.78 is 1.15. The summed E-state index contributed by atoms with van der Waals surface area (Å²) >= 11 is 5.27. The SMILES string of the molecule is CCC(=CCCC(O)(CC)CC)c1cc(Br)cs1. The fraction of sp³-hybridized carbons (Fsp3) is 0.600. The Hall–Kier alpha value is -0.120. The summed E-state index contributed by atoms with van der Waals surface area (Å²) in [6, 6.07) is 2.17. The smallest absolute Gasteiger partial charge is 0.0645 e. The number of aliphatic hydroxyl groups is 1. The Morgan fingerprint density at radius 2 is 2.06 bits per heavy atom. The van der Waals surface area contributed by atoms with Crippen LogP contribution in [0.1, 0.15) is 57.8 Å². The van der Waals surface area contributed by atoms with E-state index in [9.17, 15) is 5.11 Å². The molecule has 18 heavy (non-hydrogen) atoms. The maximum absolute atomic E-state index is 10.3. The van der Waals surface area contributed by atoms with E-state index in [4.69, 9.17) is 0 Å². The minimum absolute atomic E-state index is 0.481. The average Bonchev–Trinajstić information content (AvgIpc) is 2.81. The molecule has 1 rings (SSSR count). The second-order valence-electron chi connectivity index (χ2n) is 4.68. The number of halogens is 1. The molecule has 0 aliphatic heterocycles. The van der Waals surface area contributed by atoms with E-state index in [1.165, 1.54) is 10.5 Å². The van der Waals surface area contributed by atoms with E-state index in [1.54, 1.807) is 11.3 Å². The average molecular weight is 331 g/mol. The van der Waals surface area contributed by atoms with Crippen LogP contribution in [-0.4, -0.2) is 10.7 Å². The van der Waals surface area contributed by atoms with Crippen LogP contribution in [0.25, 0.3) is 5.57 Å². The Morgan fingerprint density at radius 3 is 2.50 bits per heavy atom. The summed E-state index contributed by atoms with van der Waals surface area (Å²) in [5.74, 6) is 0. The molecule has 1 heterocycles. The van der Waals surface area contributed by atoms with Crippen molar-refractivity contribution in [1.82, 2.24) is 0 Å². The Labute approximate surface area is 123 Å². The van der Waals surface area contributed by atoms with Crippen LogP contribution in [0.5, 0.6) is 0 Å². The van der Waals surface area contributed by atoms with Crippen LogP contribution >= 0.6 is 27.3 Å². The van der Waals surface area contributed by atoms with Gasteiger partial charge in [-0.1, -0.05) is 26.8 Å². The molecule has 1 N–H and O–H groups in total. The van der Waals surface area contributed by atoms with E-state index in [-0.39, 0.29) is 0 Å². The Bertz CT molecular complexity index is 391. The van der Waals surface area contributed by atoms with Crippen molar-refractivity contribution in [1.29, 1.82) is 0 Å². The zero-order valence-corrected chi connectivity index (χ0v) is 13.9. The lowest BCUT2D eigenvalue weighted by Crippen LogP contribution is -2.25. The van der Waals surface area contributed by atoms with Crippen molar-refractivity contribution in [2.75, 3.05) is 0 Å². The maximum atomic E-state index is 10.3. The molecule has 0 saturated heterocycles. The van der Waals surface area contributed by atoms with Crippen molar-refractivity contribution >= 4 is 32.8 Å². The van der Waals surface area contributed by atoms with Crippen LogP contribution < -0.4 is 0 Å². The molecule has 0 spiro atoms. The molecule has 3 heteroatoms. The molecular formula is C15H23BrOS. The van der Waals surface area contributed by atoms with Crippen molar-refractivity contribution in [2.24, 2.45) is 0 Å². The first-order valence-corrected chi connectivity index (χ1v) is 8.37. The van der Waals surface area contributed by atoms with Gasteiger partial charge in [0.15, 0.2) is 0 Å². The monoisotopic (exact) mass is 330 g/mol. The third-order valence-corrected chi connectivity index (χ3v) is 5.35. The summed E-state index contributed by atoms with van der Waals surface area (Å²) in [4.78, 5) is 1.33. The lowest BCUT2D eigenvalue weighted by atomic mass is 9.91. The number of hydrogen-bond donors (Lipinski definition) is 1. The lowest BCUT2D eigenvalue weighted by molar-refractivity contribution is 0.0246. The maximum Gasteiger partial charge on any atom is 0.0645 e. The second-order valence-corrected chi connectivity index (χ2v) is 6.51. The normalized spacial score (nSPS) is 13.1. The fourth-order valence-corrected chi connectivity index (χ4v) is 3.56. The molecule has 0 aliphatic carbocycles. The molecule has 0 aromatic carbocycles. The van der Waals surface area contributed by atoms with Crippen LogP contribution in [0.3, 0.4) is 0 Å². The standard InChI is InChI=1S/C15H23BrOS/c1-4-12(14-10-13(16)11-18-14)8-7-9-15(17,5-2)6-3/h8,10-11,17H,4-7,9H2,1-3H3. The van der Waals surface area contributed by atoms with E-state index >= 15 is 0 Å². The summed E-state index contributed by atoms with van der Waals surface area (Å²) in [5, 5.41) is 12.4. The van der Waals surface area contributed by atoms with Crippen molar-refractivity contribution in [3.8, 4) is 0 Å². The Kier molecular flexibility index (Phi) is 6.61. The molecule has 0 unspecified atom stereocenters. The van der Waals surface area contributed by atoms with Crippen LogP contribution in [0.15, 0.2) is 22.0 Å². The van der Waals surface area contributed by atoms with Gasteiger partial charge in [0.2, 0.25) is 0 Å². The second kappa shape index (κ2) is 7.46. The van der Waals surface area contributed by atoms with Gasteiger partial charge in [0.05, 0.1) is 5.60 Å². The first-order valence-electron chi connectivity index (χ1n) is 6.70. The van der Waals surface area contributed by atoms with Gasteiger partial charge in [0.25, 0.3) is 0 Å². The van der Waals surface area contributed by atoms with E-state index in [1.807, 2.05) is 0 Å². The van der Waals surface area contributed by atoms with E-state index < -0.39 is 5.60 Å². The number of hydrogen-bond acceptors (Lipinski definition) is 2. The van der Waals surface area contributed by atoms with Crippen molar-refractivity contribution in [3.05, 3.63) is 26.9 Å². The molecule has 1 nitrogen and oxygen atoms in total. The number of allylic oxidation sites excluding steroid dienone is 2. The van der Waals surface area contributed by atoms with E-state index in [0.29, 0.717) is 0 Å². The van der Waals surface area contributed by atoms with Crippen molar-refractivity contribution < 1.29 is 5.11 Å². The first-order chi connectivity index (χ1) is 8.54. The van der Waals surface area contributed by atoms with Gasteiger partial charge in [-0.3, -0.25) is 0 Å². The highest BCUT2D eigenvalue weighted by molar-refractivity contribution is 9.10. The molecule has 0 amide bonds. The highest BCUT2D eigenvalue weighted by Crippen LogP contribution is 2.30. The Balaban J connectivity index is 2.64. The molecule has 0 radical (unpaired) electrons. The zero-order valence-electron chi connectivity index (χ0n) is 11.5. The Morgan fingerprint density at radius 1 is 1.39 bits per heavy atom. The summed E-state index contributed by atoms with van der Waals surface area (Å²) in [5.41, 5.74) is 0.908. The van der Waals surface area contributed by atoms with Gasteiger partial charge >= 0.3 is 0 Å². The van der Waals surface area contributed by atoms with Gasteiger partial charge in [0.1, 0.15) is 0 Å². The van der Waals surface area contributed by atoms with Gasteiger partial charge in [0, 0.05) is 14.7 Å². The lowest BCUT2D eigenvalue weighted by Gasteiger charge is -2.24. The van der Waals surface area contributed by atoms with Crippen molar-refractivity contribution in [3.63, 3.8) is 0 Å². The van der Waals surface area contributed by atoms with Crippen LogP contribution in [0, 0.1) is 0 Å². The molecule has 0 atom stereocenters. The van der Waals surface area contributed by atoms with E-state index in [0.717, 1.165) is 36.6 Å². The third kappa shape index (κ3) is 4.52. The summed E-state index contributed by atoms with van der Waals surface area (Å²) in [6.07, 6.45) is 6.82. The quantitative estimate of drug-likeness (QED) is 0.686. The highest BCUT2D eigenvalue weighted by Gasteiger charge is 2.20. The predicted octanol–water partition coefficient (Wildman–Crippen LogP) is 5.64. The topological polar surface area (TPSA) is 20.2 Å². The van der Waals surface area contributed by atoms with Gasteiger partial charge in [-0.25, -0.2) is 0 Å². The number of thiophene rings is 1. The van der Waals surface area contributed by atoms with E-state index in [2.05, 4.69) is 54.2 Å². The third-order valence-electron chi connectivity index (χ3n) is 3.58. The van der Waals surface area contributed by atoms with Crippen LogP contribution in [0.2, 0.25) is 0 Å².